The summed E-state index contributed by atoms with van der Waals surface area (Å²) in [6.07, 6.45) is 4.44. The molecule has 2 aliphatic rings. The maximum Gasteiger partial charge on any atom is 0.0505 e. The highest BCUT2D eigenvalue weighted by Gasteiger charge is 2.28. The molecule has 7 rings (SSSR count). The lowest BCUT2D eigenvalue weighted by Crippen LogP contribution is -2.31. The highest BCUT2D eigenvalue weighted by atomic mass is 15.0. The lowest BCUT2D eigenvalue weighted by atomic mass is 9.74. The van der Waals surface area contributed by atoms with Crippen molar-refractivity contribution >= 4 is 32.8 Å². The van der Waals surface area contributed by atoms with Gasteiger partial charge in [0.25, 0.3) is 0 Å². The van der Waals surface area contributed by atoms with Gasteiger partial charge in [-0.1, -0.05) is 103 Å². The summed E-state index contributed by atoms with van der Waals surface area (Å²) in [5.74, 6) is 0.431. The Kier molecular flexibility index (Phi) is 6.29. The van der Waals surface area contributed by atoms with Crippen molar-refractivity contribution in [1.29, 1.82) is 0 Å². The van der Waals surface area contributed by atoms with Gasteiger partial charge in [0.15, 0.2) is 0 Å². The van der Waals surface area contributed by atoms with Gasteiger partial charge in [-0.25, -0.2) is 0 Å². The molecule has 0 radical (unpaired) electrons. The molecule has 1 heterocycles. The van der Waals surface area contributed by atoms with Gasteiger partial charge in [-0.15, -0.1) is 0 Å². The van der Waals surface area contributed by atoms with E-state index < -0.39 is 0 Å². The van der Waals surface area contributed by atoms with E-state index in [9.17, 15) is 0 Å². The SMILES string of the molecule is CC1=CC(C)(C)Nc2ccccc21.NC1CCC(c2ccccc2)c2c1ccc1c2ccc2ccccc21. The lowest BCUT2D eigenvalue weighted by molar-refractivity contribution is 0.533. The fraction of sp³-hybridized carbons (Fsp3) is 0.222. The highest BCUT2D eigenvalue weighted by Crippen LogP contribution is 2.45. The second-order valence-electron chi connectivity index (χ2n) is 11.3. The van der Waals surface area contributed by atoms with Gasteiger partial charge >= 0.3 is 0 Å². The van der Waals surface area contributed by atoms with Crippen molar-refractivity contribution in [3.63, 3.8) is 0 Å². The first-order chi connectivity index (χ1) is 18.4. The Bertz CT molecular complexity index is 1650. The second kappa shape index (κ2) is 9.78. The summed E-state index contributed by atoms with van der Waals surface area (Å²) in [5.41, 5.74) is 14.7. The zero-order valence-corrected chi connectivity index (χ0v) is 22.5. The van der Waals surface area contributed by atoms with Crippen molar-refractivity contribution in [1.82, 2.24) is 0 Å². The first kappa shape index (κ1) is 24.5. The maximum atomic E-state index is 6.49. The van der Waals surface area contributed by atoms with E-state index in [1.807, 2.05) is 0 Å². The number of anilines is 1. The van der Waals surface area contributed by atoms with E-state index in [0.29, 0.717) is 5.92 Å². The molecule has 0 saturated carbocycles. The van der Waals surface area contributed by atoms with Gasteiger partial charge in [-0.3, -0.25) is 0 Å². The van der Waals surface area contributed by atoms with Gasteiger partial charge in [0.05, 0.1) is 5.54 Å². The molecule has 0 bridgehead atoms. The van der Waals surface area contributed by atoms with Crippen LogP contribution in [-0.2, 0) is 0 Å². The van der Waals surface area contributed by atoms with Crippen LogP contribution < -0.4 is 11.1 Å². The number of benzene rings is 5. The standard InChI is InChI=1S/C24H21N.C12H15N/c25-23-15-14-19(16-6-2-1-3-7-16)24-21-11-10-17-8-4-5-9-18(17)20(21)12-13-22(23)24;1-9-8-12(2,3)13-11-7-5-4-6-10(9)11/h1-13,19,23H,14-15,25H2;4-8,13H,1-3H3. The van der Waals surface area contributed by atoms with Gasteiger partial charge in [0, 0.05) is 23.2 Å². The van der Waals surface area contributed by atoms with E-state index in [0.717, 1.165) is 12.8 Å². The molecule has 0 spiro atoms. The van der Waals surface area contributed by atoms with Crippen molar-refractivity contribution in [2.75, 3.05) is 5.32 Å². The van der Waals surface area contributed by atoms with Crippen LogP contribution in [0.3, 0.4) is 0 Å². The number of rotatable bonds is 1. The minimum Gasteiger partial charge on any atom is -0.376 e. The molecule has 1 aliphatic carbocycles. The number of para-hydroxylation sites is 1. The minimum atomic E-state index is 0.0818. The number of allylic oxidation sites excluding steroid dienone is 1. The monoisotopic (exact) mass is 496 g/mol. The zero-order valence-electron chi connectivity index (χ0n) is 22.5. The number of nitrogens with one attached hydrogen (secondary N) is 1. The number of nitrogens with two attached hydrogens (primary N) is 1. The van der Waals surface area contributed by atoms with Gasteiger partial charge in [0.2, 0.25) is 0 Å². The van der Waals surface area contributed by atoms with E-state index >= 15 is 0 Å². The normalized spacial score (nSPS) is 19.4. The summed E-state index contributed by atoms with van der Waals surface area (Å²) in [7, 11) is 0. The maximum absolute atomic E-state index is 6.49. The van der Waals surface area contributed by atoms with Crippen molar-refractivity contribution in [3.05, 3.63) is 131 Å². The topological polar surface area (TPSA) is 38.0 Å². The van der Waals surface area contributed by atoms with E-state index in [4.69, 9.17) is 5.73 Å². The predicted octanol–water partition coefficient (Wildman–Crippen LogP) is 9.21. The molecule has 38 heavy (non-hydrogen) atoms. The van der Waals surface area contributed by atoms with Crippen LogP contribution in [0.15, 0.2) is 109 Å². The van der Waals surface area contributed by atoms with Gasteiger partial charge in [-0.05, 0) is 83.5 Å². The molecule has 2 unspecified atom stereocenters. The molecular formula is C36H36N2. The Labute approximate surface area is 226 Å². The quantitative estimate of drug-likeness (QED) is 0.227. The Morgan fingerprint density at radius 1 is 0.711 bits per heavy atom. The fourth-order valence-corrected chi connectivity index (χ4v) is 6.44. The molecule has 3 N–H and O–H groups in total. The molecule has 0 amide bonds. The largest absolute Gasteiger partial charge is 0.376 e. The average molecular weight is 497 g/mol. The molecular weight excluding hydrogens is 460 g/mol. The Morgan fingerprint density at radius 3 is 2.26 bits per heavy atom. The summed E-state index contributed by atoms with van der Waals surface area (Å²) in [6, 6.07) is 37.2. The fourth-order valence-electron chi connectivity index (χ4n) is 6.44. The Balaban J connectivity index is 0.000000171. The van der Waals surface area contributed by atoms with Crippen LogP contribution >= 0.6 is 0 Å². The average Bonchev–Trinajstić information content (AvgIpc) is 2.93. The van der Waals surface area contributed by atoms with Crippen LogP contribution in [-0.4, -0.2) is 5.54 Å². The molecule has 5 aromatic rings. The first-order valence-corrected chi connectivity index (χ1v) is 13.7. The summed E-state index contributed by atoms with van der Waals surface area (Å²) in [4.78, 5) is 0. The molecule has 0 aromatic heterocycles. The number of hydrogen-bond acceptors (Lipinski definition) is 2. The molecule has 2 atom stereocenters. The van der Waals surface area contributed by atoms with Gasteiger partial charge in [0.1, 0.15) is 0 Å². The third-order valence-electron chi connectivity index (χ3n) is 8.10. The van der Waals surface area contributed by atoms with Crippen LogP contribution in [0.1, 0.15) is 67.8 Å². The molecule has 2 nitrogen and oxygen atoms in total. The molecule has 0 fully saturated rings. The van der Waals surface area contributed by atoms with E-state index in [1.165, 1.54) is 55.1 Å². The highest BCUT2D eigenvalue weighted by molar-refractivity contribution is 6.09. The van der Waals surface area contributed by atoms with Gasteiger partial charge in [-0.2, -0.15) is 0 Å². The van der Waals surface area contributed by atoms with Crippen LogP contribution in [0, 0.1) is 0 Å². The third-order valence-corrected chi connectivity index (χ3v) is 8.10. The van der Waals surface area contributed by atoms with E-state index in [2.05, 4.69) is 135 Å². The van der Waals surface area contributed by atoms with Crippen molar-refractivity contribution in [3.8, 4) is 0 Å². The van der Waals surface area contributed by atoms with E-state index in [1.54, 1.807) is 0 Å². The van der Waals surface area contributed by atoms with Crippen molar-refractivity contribution in [2.45, 2.75) is 51.1 Å². The smallest absolute Gasteiger partial charge is 0.0505 e. The molecule has 190 valence electrons. The minimum absolute atomic E-state index is 0.0818. The number of hydrogen-bond donors (Lipinski definition) is 2. The first-order valence-electron chi connectivity index (χ1n) is 13.7. The van der Waals surface area contributed by atoms with Crippen molar-refractivity contribution < 1.29 is 0 Å². The van der Waals surface area contributed by atoms with Crippen LogP contribution in [0.25, 0.3) is 27.1 Å². The van der Waals surface area contributed by atoms with Crippen LogP contribution in [0.4, 0.5) is 5.69 Å². The number of fused-ring (bicyclic) bond motifs is 6. The molecule has 5 aromatic carbocycles. The molecule has 1 aliphatic heterocycles. The third kappa shape index (κ3) is 4.50. The lowest BCUT2D eigenvalue weighted by Gasteiger charge is -2.31. The van der Waals surface area contributed by atoms with E-state index in [-0.39, 0.29) is 11.6 Å². The zero-order chi connectivity index (χ0) is 26.3. The van der Waals surface area contributed by atoms with Crippen LogP contribution in [0.2, 0.25) is 0 Å². The van der Waals surface area contributed by atoms with Gasteiger partial charge < -0.3 is 11.1 Å². The van der Waals surface area contributed by atoms with Crippen molar-refractivity contribution in [2.24, 2.45) is 5.73 Å². The van der Waals surface area contributed by atoms with Crippen LogP contribution in [0.5, 0.6) is 0 Å². The summed E-state index contributed by atoms with van der Waals surface area (Å²) in [5, 5.41) is 8.82. The summed E-state index contributed by atoms with van der Waals surface area (Å²) in [6.45, 7) is 6.54. The Morgan fingerprint density at radius 2 is 1.42 bits per heavy atom. The summed E-state index contributed by atoms with van der Waals surface area (Å²) < 4.78 is 0. The molecule has 0 saturated heterocycles. The second-order valence-corrected chi connectivity index (χ2v) is 11.3. The molecule has 2 heteroatoms. The predicted molar refractivity (Wildman–Crippen MR) is 164 cm³/mol. The summed E-state index contributed by atoms with van der Waals surface area (Å²) >= 11 is 0. The Hall–Kier alpha value is -3.88.